The van der Waals surface area contributed by atoms with Gasteiger partial charge in [-0.05, 0) is 49.9 Å². The molecule has 2 heterocycles. The number of hydrogen-bond acceptors (Lipinski definition) is 5. The van der Waals surface area contributed by atoms with E-state index in [-0.39, 0.29) is 17.9 Å². The number of carbonyl (C=O) groups is 2. The van der Waals surface area contributed by atoms with Gasteiger partial charge in [-0.1, -0.05) is 37.5 Å². The summed E-state index contributed by atoms with van der Waals surface area (Å²) in [6.45, 7) is 2.64. The lowest BCUT2D eigenvalue weighted by Crippen LogP contribution is -2.31. The van der Waals surface area contributed by atoms with Crippen LogP contribution in [-0.2, 0) is 4.79 Å². The number of thioether (sulfide) groups is 1. The third-order valence-electron chi connectivity index (χ3n) is 5.88. The number of fused-ring (bicyclic) bond motifs is 1. The molecule has 32 heavy (non-hydrogen) atoms. The number of carbonyl (C=O) groups excluding carboxylic acids is 2. The van der Waals surface area contributed by atoms with Gasteiger partial charge in [0.2, 0.25) is 5.91 Å². The van der Waals surface area contributed by atoms with Crippen LogP contribution in [0.1, 0.15) is 61.3 Å². The van der Waals surface area contributed by atoms with Crippen LogP contribution in [0.2, 0.25) is 0 Å². The molecule has 7 nitrogen and oxygen atoms in total. The van der Waals surface area contributed by atoms with Crippen molar-refractivity contribution in [1.82, 2.24) is 25.2 Å². The number of pyridine rings is 1. The number of rotatable bonds is 8. The van der Waals surface area contributed by atoms with Crippen molar-refractivity contribution < 1.29 is 9.59 Å². The summed E-state index contributed by atoms with van der Waals surface area (Å²) in [6, 6.07) is 12.7. The van der Waals surface area contributed by atoms with Crippen LogP contribution >= 0.6 is 11.8 Å². The van der Waals surface area contributed by atoms with Crippen LogP contribution in [0.25, 0.3) is 5.65 Å². The SMILES string of the molecule is CC(NC(=O)c1ccccc1SCC(=O)NCC1CCCCC1)c1nnc2ccccn12. The molecule has 2 amide bonds. The number of hydrogen-bond donors (Lipinski definition) is 2. The highest BCUT2D eigenvalue weighted by Crippen LogP contribution is 2.25. The molecule has 168 valence electrons. The van der Waals surface area contributed by atoms with E-state index < -0.39 is 0 Å². The molecule has 3 aromatic rings. The van der Waals surface area contributed by atoms with E-state index in [1.165, 1.54) is 43.9 Å². The third kappa shape index (κ3) is 5.48. The fourth-order valence-corrected chi connectivity index (χ4v) is 5.00. The maximum absolute atomic E-state index is 13.0. The summed E-state index contributed by atoms with van der Waals surface area (Å²) in [5.74, 6) is 1.38. The van der Waals surface area contributed by atoms with Gasteiger partial charge >= 0.3 is 0 Å². The molecular weight excluding hydrogens is 422 g/mol. The molecule has 0 spiro atoms. The molecule has 1 fully saturated rings. The lowest BCUT2D eigenvalue weighted by atomic mass is 9.89. The third-order valence-corrected chi connectivity index (χ3v) is 6.95. The van der Waals surface area contributed by atoms with Crippen LogP contribution < -0.4 is 10.6 Å². The number of benzene rings is 1. The topological polar surface area (TPSA) is 88.4 Å². The van der Waals surface area contributed by atoms with E-state index in [1.54, 1.807) is 6.07 Å². The predicted molar refractivity (Wildman–Crippen MR) is 126 cm³/mol. The van der Waals surface area contributed by atoms with Gasteiger partial charge in [0.25, 0.3) is 5.91 Å². The Balaban J connectivity index is 1.34. The van der Waals surface area contributed by atoms with Crippen LogP contribution in [0, 0.1) is 5.92 Å². The van der Waals surface area contributed by atoms with Gasteiger partial charge in [-0.3, -0.25) is 14.0 Å². The first-order valence-electron chi connectivity index (χ1n) is 11.2. The molecule has 1 aliphatic rings. The van der Waals surface area contributed by atoms with Crippen molar-refractivity contribution in [1.29, 1.82) is 0 Å². The summed E-state index contributed by atoms with van der Waals surface area (Å²) in [6.07, 6.45) is 8.13. The average Bonchev–Trinajstić information content (AvgIpc) is 3.26. The molecule has 4 rings (SSSR count). The smallest absolute Gasteiger partial charge is 0.252 e. The molecule has 0 aliphatic heterocycles. The fraction of sp³-hybridized carbons (Fsp3) is 0.417. The minimum absolute atomic E-state index is 0.0130. The zero-order valence-electron chi connectivity index (χ0n) is 18.3. The van der Waals surface area contributed by atoms with Crippen molar-refractivity contribution in [3.05, 3.63) is 60.0 Å². The second kappa shape index (κ2) is 10.6. The Kier molecular flexibility index (Phi) is 7.42. The maximum Gasteiger partial charge on any atom is 0.252 e. The summed E-state index contributed by atoms with van der Waals surface area (Å²) in [7, 11) is 0. The molecule has 1 aliphatic carbocycles. The standard InChI is InChI=1S/C24H29N5O2S/c1-17(23-28-27-21-13-7-8-14-29(21)23)26-24(31)19-11-5-6-12-20(19)32-16-22(30)25-15-18-9-3-2-4-10-18/h5-8,11-14,17-18H,2-4,9-10,15-16H2,1H3,(H,25,30)(H,26,31). The Hall–Kier alpha value is -2.87. The maximum atomic E-state index is 13.0. The second-order valence-corrected chi connectivity index (χ2v) is 9.29. The summed E-state index contributed by atoms with van der Waals surface area (Å²) < 4.78 is 1.86. The van der Waals surface area contributed by atoms with Crippen LogP contribution in [0.15, 0.2) is 53.6 Å². The largest absolute Gasteiger partial charge is 0.355 e. The normalized spacial score (nSPS) is 15.4. The Morgan fingerprint density at radius 3 is 2.72 bits per heavy atom. The molecule has 2 aromatic heterocycles. The van der Waals surface area contributed by atoms with Crippen LogP contribution in [0.3, 0.4) is 0 Å². The van der Waals surface area contributed by atoms with Crippen molar-refractivity contribution in [3.8, 4) is 0 Å². The van der Waals surface area contributed by atoms with Gasteiger partial charge in [-0.2, -0.15) is 0 Å². The fourth-order valence-electron chi connectivity index (χ4n) is 4.12. The van der Waals surface area contributed by atoms with Gasteiger partial charge in [0.1, 0.15) is 0 Å². The molecule has 0 bridgehead atoms. The van der Waals surface area contributed by atoms with Crippen LogP contribution in [-0.4, -0.2) is 38.7 Å². The molecule has 1 atom stereocenters. The van der Waals surface area contributed by atoms with Crippen molar-refractivity contribution in [3.63, 3.8) is 0 Å². The first-order valence-corrected chi connectivity index (χ1v) is 12.2. The van der Waals surface area contributed by atoms with Gasteiger partial charge in [0, 0.05) is 17.6 Å². The first kappa shape index (κ1) is 22.3. The van der Waals surface area contributed by atoms with E-state index in [2.05, 4.69) is 20.8 Å². The highest BCUT2D eigenvalue weighted by Gasteiger charge is 2.19. The quantitative estimate of drug-likeness (QED) is 0.505. The molecular formula is C24H29N5O2S. The summed E-state index contributed by atoms with van der Waals surface area (Å²) >= 11 is 1.39. The number of nitrogens with zero attached hydrogens (tertiary/aromatic N) is 3. The van der Waals surface area contributed by atoms with E-state index >= 15 is 0 Å². The predicted octanol–water partition coefficient (Wildman–Crippen LogP) is 4.01. The zero-order chi connectivity index (χ0) is 22.3. The monoisotopic (exact) mass is 451 g/mol. The lowest BCUT2D eigenvalue weighted by Gasteiger charge is -2.21. The van der Waals surface area contributed by atoms with Crippen molar-refractivity contribution in [2.75, 3.05) is 12.3 Å². The van der Waals surface area contributed by atoms with Crippen molar-refractivity contribution in [2.24, 2.45) is 5.92 Å². The van der Waals surface area contributed by atoms with E-state index in [4.69, 9.17) is 0 Å². The van der Waals surface area contributed by atoms with Gasteiger partial charge in [0.15, 0.2) is 11.5 Å². The van der Waals surface area contributed by atoms with Crippen molar-refractivity contribution >= 4 is 29.2 Å². The Labute approximate surface area is 192 Å². The average molecular weight is 452 g/mol. The van der Waals surface area contributed by atoms with E-state index in [1.807, 2.05) is 53.9 Å². The number of amides is 2. The molecule has 1 saturated carbocycles. The molecule has 1 unspecified atom stereocenters. The number of nitrogens with one attached hydrogen (secondary N) is 2. The van der Waals surface area contributed by atoms with Crippen molar-refractivity contribution in [2.45, 2.75) is 50.0 Å². The zero-order valence-corrected chi connectivity index (χ0v) is 19.1. The van der Waals surface area contributed by atoms with Crippen LogP contribution in [0.4, 0.5) is 0 Å². The molecule has 0 saturated heterocycles. The second-order valence-electron chi connectivity index (χ2n) is 8.28. The van der Waals surface area contributed by atoms with E-state index in [0.717, 1.165) is 17.1 Å². The summed E-state index contributed by atoms with van der Waals surface area (Å²) in [4.78, 5) is 26.1. The molecule has 1 aromatic carbocycles. The Bertz CT molecular complexity index is 1080. The highest BCUT2D eigenvalue weighted by molar-refractivity contribution is 8.00. The number of aromatic nitrogens is 3. The van der Waals surface area contributed by atoms with Crippen LogP contribution in [0.5, 0.6) is 0 Å². The first-order chi connectivity index (χ1) is 15.6. The van der Waals surface area contributed by atoms with Gasteiger partial charge < -0.3 is 10.6 Å². The minimum atomic E-state index is -0.322. The van der Waals surface area contributed by atoms with Gasteiger partial charge in [-0.15, -0.1) is 22.0 Å². The Morgan fingerprint density at radius 1 is 1.09 bits per heavy atom. The molecule has 2 N–H and O–H groups in total. The molecule has 8 heteroatoms. The summed E-state index contributed by atoms with van der Waals surface area (Å²) in [5.41, 5.74) is 1.29. The minimum Gasteiger partial charge on any atom is -0.355 e. The lowest BCUT2D eigenvalue weighted by molar-refractivity contribution is -0.118. The van der Waals surface area contributed by atoms with Gasteiger partial charge in [-0.25, -0.2) is 0 Å². The van der Waals surface area contributed by atoms with E-state index in [0.29, 0.717) is 23.1 Å². The molecule has 0 radical (unpaired) electrons. The highest BCUT2D eigenvalue weighted by atomic mass is 32.2. The van der Waals surface area contributed by atoms with Gasteiger partial charge in [0.05, 0.1) is 17.4 Å². The summed E-state index contributed by atoms with van der Waals surface area (Å²) in [5, 5.41) is 14.4. The van der Waals surface area contributed by atoms with E-state index in [9.17, 15) is 9.59 Å². The Morgan fingerprint density at radius 2 is 1.88 bits per heavy atom.